The molecule has 19 nitrogen and oxygen atoms in total. The summed E-state index contributed by atoms with van der Waals surface area (Å²) in [5.74, 6) is -0.294. The van der Waals surface area contributed by atoms with Crippen LogP contribution in [0.1, 0.15) is 219 Å². The van der Waals surface area contributed by atoms with Crippen molar-refractivity contribution in [3.63, 3.8) is 0 Å². The second-order valence-electron chi connectivity index (χ2n) is 24.6. The Morgan fingerprint density at radius 3 is 1.23 bits per heavy atom. The van der Waals surface area contributed by atoms with Crippen LogP contribution < -0.4 is 5.32 Å². The Bertz CT molecular complexity index is 2030. The Balaban J connectivity index is 1.29. The Morgan fingerprint density at radius 1 is 0.418 bits per heavy atom. The zero-order valence-corrected chi connectivity index (χ0v) is 55.3. The average Bonchev–Trinajstić information content (AvgIpc) is 0.878. The third-order valence-corrected chi connectivity index (χ3v) is 16.9. The van der Waals surface area contributed by atoms with Gasteiger partial charge >= 0.3 is 0 Å². The van der Waals surface area contributed by atoms with Crippen molar-refractivity contribution in [2.24, 2.45) is 0 Å². The molecule has 1 amide bonds. The number of carbonyl (C=O) groups is 1. The summed E-state index contributed by atoms with van der Waals surface area (Å²) in [5, 5.41) is 120. The number of ether oxygens (including phenoxy) is 6. The molecule has 0 spiro atoms. The Kier molecular flexibility index (Phi) is 47.7. The normalized spacial score (nSPS) is 28.5. The lowest BCUT2D eigenvalue weighted by atomic mass is 9.96. The molecule has 3 fully saturated rings. The first-order valence-corrected chi connectivity index (χ1v) is 35.0. The van der Waals surface area contributed by atoms with Crippen LogP contribution in [0.25, 0.3) is 0 Å². The van der Waals surface area contributed by atoms with Gasteiger partial charge in [-0.25, -0.2) is 0 Å². The number of nitrogens with one attached hydrogen (secondary N) is 1. The Labute approximate surface area is 545 Å². The molecule has 0 aromatic rings. The molecular formula is C72H123NO18. The second-order valence-corrected chi connectivity index (χ2v) is 24.6. The largest absolute Gasteiger partial charge is 0.394 e. The first-order chi connectivity index (χ1) is 44.3. The third kappa shape index (κ3) is 34.8. The molecule has 3 heterocycles. The Hall–Kier alpha value is -3.29. The number of hydrogen-bond donors (Lipinski definition) is 12. The van der Waals surface area contributed by atoms with Gasteiger partial charge in [0.05, 0.1) is 38.6 Å². The third-order valence-electron chi connectivity index (χ3n) is 16.9. The molecule has 0 saturated carbocycles. The van der Waals surface area contributed by atoms with Crippen LogP contribution in [0.15, 0.2) is 97.2 Å². The molecule has 3 rings (SSSR count). The molecule has 0 bridgehead atoms. The van der Waals surface area contributed by atoms with E-state index in [1.54, 1.807) is 6.08 Å². The molecule has 17 atom stereocenters. The lowest BCUT2D eigenvalue weighted by molar-refractivity contribution is -0.379. The van der Waals surface area contributed by atoms with Gasteiger partial charge < -0.3 is 89.9 Å². The maximum atomic E-state index is 13.3. The predicted octanol–water partition coefficient (Wildman–Crippen LogP) is 9.27. The van der Waals surface area contributed by atoms with Crippen LogP contribution in [-0.4, -0.2) is 193 Å². The molecule has 3 aliphatic heterocycles. The molecule has 17 unspecified atom stereocenters. The van der Waals surface area contributed by atoms with Crippen molar-refractivity contribution in [2.45, 2.75) is 324 Å². The molecule has 0 aliphatic carbocycles. The minimum atomic E-state index is -1.98. The Morgan fingerprint density at radius 2 is 0.780 bits per heavy atom. The van der Waals surface area contributed by atoms with Gasteiger partial charge in [-0.15, -0.1) is 0 Å². The quantitative estimate of drug-likeness (QED) is 0.0199. The highest BCUT2D eigenvalue weighted by Gasteiger charge is 2.53. The highest BCUT2D eigenvalue weighted by Crippen LogP contribution is 2.33. The molecular weight excluding hydrogens is 1170 g/mol. The van der Waals surface area contributed by atoms with Gasteiger partial charge in [0.15, 0.2) is 18.9 Å². The highest BCUT2D eigenvalue weighted by molar-refractivity contribution is 5.76. The lowest BCUT2D eigenvalue weighted by Crippen LogP contribution is -2.66. The summed E-state index contributed by atoms with van der Waals surface area (Å²) in [5.41, 5.74) is 0. The van der Waals surface area contributed by atoms with Crippen molar-refractivity contribution >= 4 is 5.91 Å². The van der Waals surface area contributed by atoms with E-state index in [2.05, 4.69) is 91.2 Å². The van der Waals surface area contributed by atoms with E-state index in [1.807, 2.05) is 19.1 Å². The fourth-order valence-corrected chi connectivity index (χ4v) is 11.3. The molecule has 0 aromatic carbocycles. The van der Waals surface area contributed by atoms with E-state index < -0.39 is 124 Å². The number of amides is 1. The maximum Gasteiger partial charge on any atom is 0.220 e. The number of aliphatic hydroxyl groups is 11. The summed E-state index contributed by atoms with van der Waals surface area (Å²) in [6.45, 7) is 1.33. The average molecular weight is 1290 g/mol. The van der Waals surface area contributed by atoms with Crippen LogP contribution in [0.3, 0.4) is 0 Å². The van der Waals surface area contributed by atoms with E-state index in [9.17, 15) is 61.0 Å². The fourth-order valence-electron chi connectivity index (χ4n) is 11.3. The van der Waals surface area contributed by atoms with Gasteiger partial charge in [-0.1, -0.05) is 226 Å². The van der Waals surface area contributed by atoms with Crippen LogP contribution in [0.4, 0.5) is 0 Å². The standard InChI is InChI=1S/C72H123NO18/c1-3-5-7-9-11-13-14-15-16-17-18-19-20-21-22-23-24-25-26-27-28-29-30-31-32-33-34-35-36-37-38-39-40-42-44-46-48-50-60(78)73-55(56(77)49-47-45-43-41-12-10-8-6-4-2)54-86-70-66(84)63(81)68(58(52-75)88-70)91-72-67(85)64(82)69(59(53-76)89-72)90-71-65(83)62(80)61(79)57(51-74)87-71/h4-7,11-13,15-16,18-19,21-22,41,47,49,55-59,61-72,74-77,79-85H,3,8-10,14,17,20,23-40,42-46,48,50-54H2,1-2H3,(H,73,78)/b6-4+,7-5-,13-11-,16-15-,19-18-,22-21-,41-12+,49-47+. The summed E-state index contributed by atoms with van der Waals surface area (Å²) in [7, 11) is 0. The molecule has 91 heavy (non-hydrogen) atoms. The van der Waals surface area contributed by atoms with Crippen molar-refractivity contribution in [3.8, 4) is 0 Å². The van der Waals surface area contributed by atoms with Crippen LogP contribution in [0.2, 0.25) is 0 Å². The first kappa shape index (κ1) is 81.9. The number of unbranched alkanes of at least 4 members (excludes halogenated alkanes) is 23. The summed E-state index contributed by atoms with van der Waals surface area (Å²) in [4.78, 5) is 13.3. The topological polar surface area (TPSA) is 307 Å². The van der Waals surface area contributed by atoms with E-state index in [0.29, 0.717) is 12.8 Å². The van der Waals surface area contributed by atoms with Gasteiger partial charge in [0.2, 0.25) is 5.91 Å². The van der Waals surface area contributed by atoms with Crippen LogP contribution in [0.5, 0.6) is 0 Å². The minimum Gasteiger partial charge on any atom is -0.394 e. The van der Waals surface area contributed by atoms with Gasteiger partial charge in [-0.05, 0) is 84.0 Å². The summed E-state index contributed by atoms with van der Waals surface area (Å²) >= 11 is 0. The number of aliphatic hydroxyl groups excluding tert-OH is 11. The molecule has 524 valence electrons. The zero-order chi connectivity index (χ0) is 66.1. The maximum absolute atomic E-state index is 13.3. The smallest absolute Gasteiger partial charge is 0.220 e. The van der Waals surface area contributed by atoms with E-state index in [4.69, 9.17) is 28.4 Å². The van der Waals surface area contributed by atoms with Crippen molar-refractivity contribution in [1.29, 1.82) is 0 Å². The van der Waals surface area contributed by atoms with Gasteiger partial charge in [-0.2, -0.15) is 0 Å². The second kappa shape index (κ2) is 52.9. The monoisotopic (exact) mass is 1290 g/mol. The molecule has 0 radical (unpaired) electrons. The van der Waals surface area contributed by atoms with Crippen molar-refractivity contribution < 1.29 is 89.4 Å². The molecule has 0 aromatic heterocycles. The van der Waals surface area contributed by atoms with Crippen LogP contribution in [-0.2, 0) is 33.2 Å². The SMILES string of the molecule is C/C=C/CC/C=C/CC/C=C/C(O)C(COC1OC(CO)C(OC2OC(CO)C(OC3OC(CO)C(O)C(O)C3O)C(O)C2O)C(O)C1O)NC(=O)CCCCCCCCCCCCCCCCCCCCCCC/C=C\C/C=C\C/C=C\C/C=C\C/C=C\CC. The van der Waals surface area contributed by atoms with E-state index in [1.165, 1.54) is 116 Å². The number of carbonyl (C=O) groups excluding carboxylic acids is 1. The minimum absolute atomic E-state index is 0.229. The first-order valence-electron chi connectivity index (χ1n) is 35.0. The van der Waals surface area contributed by atoms with Gasteiger partial charge in [0, 0.05) is 6.42 Å². The number of hydrogen-bond acceptors (Lipinski definition) is 18. The lowest BCUT2D eigenvalue weighted by Gasteiger charge is -2.48. The van der Waals surface area contributed by atoms with Gasteiger partial charge in [-0.3, -0.25) is 4.79 Å². The number of allylic oxidation sites excluding steroid dienone is 15. The zero-order valence-electron chi connectivity index (χ0n) is 55.3. The van der Waals surface area contributed by atoms with Crippen LogP contribution in [0, 0.1) is 0 Å². The highest BCUT2D eigenvalue weighted by atomic mass is 16.8. The summed E-state index contributed by atoms with van der Waals surface area (Å²) < 4.78 is 34.2. The fraction of sp³-hybridized carbons (Fsp3) is 0.764. The molecule has 12 N–H and O–H groups in total. The summed E-state index contributed by atoms with van der Waals surface area (Å²) in [6.07, 6.45) is 43.2. The van der Waals surface area contributed by atoms with E-state index in [0.717, 1.165) is 70.6 Å². The van der Waals surface area contributed by atoms with Crippen molar-refractivity contribution in [1.82, 2.24) is 5.32 Å². The van der Waals surface area contributed by atoms with Gasteiger partial charge in [0.25, 0.3) is 0 Å². The van der Waals surface area contributed by atoms with Crippen LogP contribution >= 0.6 is 0 Å². The predicted molar refractivity (Wildman–Crippen MR) is 355 cm³/mol. The van der Waals surface area contributed by atoms with E-state index in [-0.39, 0.29) is 18.9 Å². The van der Waals surface area contributed by atoms with Crippen molar-refractivity contribution in [3.05, 3.63) is 97.2 Å². The summed E-state index contributed by atoms with van der Waals surface area (Å²) in [6, 6.07) is -0.997. The molecule has 19 heteroatoms. The van der Waals surface area contributed by atoms with Gasteiger partial charge in [0.1, 0.15) is 73.2 Å². The van der Waals surface area contributed by atoms with Crippen molar-refractivity contribution in [2.75, 3.05) is 26.4 Å². The molecule has 3 saturated heterocycles. The molecule has 3 aliphatic rings. The number of rotatable bonds is 52. The van der Waals surface area contributed by atoms with E-state index >= 15 is 0 Å².